The number of aromatic nitrogens is 1. The molecule has 0 radical (unpaired) electrons. The van der Waals surface area contributed by atoms with E-state index in [4.69, 9.17) is 4.74 Å². The lowest BCUT2D eigenvalue weighted by molar-refractivity contribution is 0.0657. The van der Waals surface area contributed by atoms with Crippen LogP contribution in [0.15, 0.2) is 24.3 Å². The van der Waals surface area contributed by atoms with Gasteiger partial charge < -0.3 is 4.74 Å². The summed E-state index contributed by atoms with van der Waals surface area (Å²) < 4.78 is 5.53. The maximum absolute atomic E-state index is 12.1. The van der Waals surface area contributed by atoms with Crippen molar-refractivity contribution in [1.29, 1.82) is 0 Å². The Morgan fingerprint density at radius 3 is 2.48 bits per heavy atom. The van der Waals surface area contributed by atoms with Gasteiger partial charge in [0.1, 0.15) is 0 Å². The number of hydrogen-bond acceptors (Lipinski definition) is 4. The Kier molecular flexibility index (Phi) is 5.09. The highest BCUT2D eigenvalue weighted by molar-refractivity contribution is 7.15. The molecule has 0 saturated carbocycles. The number of nitrogens with one attached hydrogen (secondary N) is 1. The smallest absolute Gasteiger partial charge is 0.257 e. The van der Waals surface area contributed by atoms with Crippen LogP contribution >= 0.6 is 11.3 Å². The Balaban J connectivity index is 1.99. The number of nitrogens with zero attached hydrogens (tertiary/aromatic N) is 1. The number of hydrogen-bond donors (Lipinski definition) is 1. The normalized spacial score (nSPS) is 10.9. The van der Waals surface area contributed by atoms with Crippen molar-refractivity contribution in [2.75, 3.05) is 5.32 Å². The highest BCUT2D eigenvalue weighted by Crippen LogP contribution is 2.21. The summed E-state index contributed by atoms with van der Waals surface area (Å²) >= 11 is 1.49. The largest absolute Gasteiger partial charge is 0.374 e. The van der Waals surface area contributed by atoms with Crippen molar-refractivity contribution in [1.82, 2.24) is 4.98 Å². The van der Waals surface area contributed by atoms with Crippen molar-refractivity contribution in [2.45, 2.75) is 40.4 Å². The molecule has 1 N–H and O–H groups in total. The number of thiazole rings is 1. The van der Waals surface area contributed by atoms with Crippen molar-refractivity contribution >= 4 is 22.4 Å². The van der Waals surface area contributed by atoms with Crippen molar-refractivity contribution in [3.05, 3.63) is 46.0 Å². The van der Waals surface area contributed by atoms with Gasteiger partial charge in [-0.05, 0) is 45.4 Å². The van der Waals surface area contributed by atoms with Crippen LogP contribution in [-0.4, -0.2) is 17.0 Å². The first-order valence-corrected chi connectivity index (χ1v) is 7.73. The van der Waals surface area contributed by atoms with Crippen LogP contribution in [0, 0.1) is 13.8 Å². The van der Waals surface area contributed by atoms with Gasteiger partial charge in [0.15, 0.2) is 5.13 Å². The minimum atomic E-state index is -0.139. The predicted octanol–water partition coefficient (Wildman–Crippen LogP) is 3.94. The van der Waals surface area contributed by atoms with Crippen molar-refractivity contribution in [2.24, 2.45) is 0 Å². The lowest BCUT2D eigenvalue weighted by Crippen LogP contribution is -2.11. The standard InChI is InChI=1S/C16H20N2O2S/c1-10(2)20-9-13-5-7-14(8-6-13)15(19)18-16-17-11(3)12(4)21-16/h5-8,10H,9H2,1-4H3,(H,17,18,19). The molecular formula is C16H20N2O2S. The van der Waals surface area contributed by atoms with Gasteiger partial charge in [-0.2, -0.15) is 0 Å². The zero-order valence-electron chi connectivity index (χ0n) is 12.8. The first-order chi connectivity index (χ1) is 9.95. The van der Waals surface area contributed by atoms with Gasteiger partial charge >= 0.3 is 0 Å². The summed E-state index contributed by atoms with van der Waals surface area (Å²) in [5, 5.41) is 3.47. The Labute approximate surface area is 129 Å². The van der Waals surface area contributed by atoms with Crippen molar-refractivity contribution in [3.63, 3.8) is 0 Å². The van der Waals surface area contributed by atoms with E-state index in [1.807, 2.05) is 52.0 Å². The Morgan fingerprint density at radius 2 is 1.95 bits per heavy atom. The van der Waals surface area contributed by atoms with E-state index in [0.717, 1.165) is 16.1 Å². The van der Waals surface area contributed by atoms with Crippen LogP contribution in [-0.2, 0) is 11.3 Å². The molecule has 0 fully saturated rings. The first kappa shape index (κ1) is 15.7. The van der Waals surface area contributed by atoms with Gasteiger partial charge in [-0.3, -0.25) is 10.1 Å². The molecule has 4 nitrogen and oxygen atoms in total. The Bertz CT molecular complexity index is 598. The third-order valence-corrected chi connectivity index (χ3v) is 4.04. The second-order valence-electron chi connectivity index (χ2n) is 5.17. The first-order valence-electron chi connectivity index (χ1n) is 6.91. The average molecular weight is 304 g/mol. The monoisotopic (exact) mass is 304 g/mol. The van der Waals surface area contributed by atoms with Crippen LogP contribution < -0.4 is 5.32 Å². The lowest BCUT2D eigenvalue weighted by Gasteiger charge is -2.08. The topological polar surface area (TPSA) is 51.2 Å². The molecule has 0 aliphatic heterocycles. The van der Waals surface area contributed by atoms with Gasteiger partial charge in [-0.25, -0.2) is 4.98 Å². The molecule has 21 heavy (non-hydrogen) atoms. The molecule has 0 bridgehead atoms. The summed E-state index contributed by atoms with van der Waals surface area (Å²) in [6.45, 7) is 8.49. The number of carbonyl (C=O) groups is 1. The molecule has 1 heterocycles. The predicted molar refractivity (Wildman–Crippen MR) is 85.9 cm³/mol. The summed E-state index contributed by atoms with van der Waals surface area (Å²) in [6, 6.07) is 7.44. The van der Waals surface area contributed by atoms with Crippen LogP contribution in [0.2, 0.25) is 0 Å². The third-order valence-electron chi connectivity index (χ3n) is 3.05. The summed E-state index contributed by atoms with van der Waals surface area (Å²) in [7, 11) is 0. The fourth-order valence-electron chi connectivity index (χ4n) is 1.71. The van der Waals surface area contributed by atoms with Gasteiger partial charge in [-0.15, -0.1) is 11.3 Å². The van der Waals surface area contributed by atoms with E-state index < -0.39 is 0 Å². The number of carbonyl (C=O) groups excluding carboxylic acids is 1. The average Bonchev–Trinajstić information content (AvgIpc) is 2.75. The van der Waals surface area contributed by atoms with E-state index in [-0.39, 0.29) is 12.0 Å². The van der Waals surface area contributed by atoms with Gasteiger partial charge in [0.25, 0.3) is 5.91 Å². The molecule has 5 heteroatoms. The maximum Gasteiger partial charge on any atom is 0.257 e. The number of aryl methyl sites for hydroxylation is 2. The fraction of sp³-hybridized carbons (Fsp3) is 0.375. The minimum absolute atomic E-state index is 0.139. The minimum Gasteiger partial charge on any atom is -0.374 e. The van der Waals surface area contributed by atoms with Crippen molar-refractivity contribution < 1.29 is 9.53 Å². The van der Waals surface area contributed by atoms with Crippen LogP contribution in [0.1, 0.15) is 40.3 Å². The molecule has 0 aliphatic rings. The molecule has 2 rings (SSSR count). The van der Waals surface area contributed by atoms with Gasteiger partial charge in [0.05, 0.1) is 18.4 Å². The molecule has 0 spiro atoms. The van der Waals surface area contributed by atoms with Gasteiger partial charge in [-0.1, -0.05) is 12.1 Å². The Morgan fingerprint density at radius 1 is 1.29 bits per heavy atom. The molecule has 0 atom stereocenters. The fourth-order valence-corrected chi connectivity index (χ4v) is 2.52. The molecule has 112 valence electrons. The quantitative estimate of drug-likeness (QED) is 0.910. The molecule has 2 aromatic rings. The van der Waals surface area contributed by atoms with Crippen LogP contribution in [0.3, 0.4) is 0 Å². The van der Waals surface area contributed by atoms with E-state index in [9.17, 15) is 4.79 Å². The lowest BCUT2D eigenvalue weighted by atomic mass is 10.1. The van der Waals surface area contributed by atoms with E-state index in [1.54, 1.807) is 0 Å². The summed E-state index contributed by atoms with van der Waals surface area (Å²) in [5.74, 6) is -0.139. The zero-order valence-corrected chi connectivity index (χ0v) is 13.6. The maximum atomic E-state index is 12.1. The highest BCUT2D eigenvalue weighted by Gasteiger charge is 2.10. The second kappa shape index (κ2) is 6.83. The van der Waals surface area contributed by atoms with Crippen molar-refractivity contribution in [3.8, 4) is 0 Å². The highest BCUT2D eigenvalue weighted by atomic mass is 32.1. The number of ether oxygens (including phenoxy) is 1. The molecule has 1 amide bonds. The van der Waals surface area contributed by atoms with Gasteiger partial charge in [0, 0.05) is 10.4 Å². The molecule has 0 aliphatic carbocycles. The number of benzene rings is 1. The van der Waals surface area contributed by atoms with Crippen LogP contribution in [0.25, 0.3) is 0 Å². The zero-order chi connectivity index (χ0) is 15.4. The van der Waals surface area contributed by atoms with Gasteiger partial charge in [0.2, 0.25) is 0 Å². The molecule has 0 unspecified atom stereocenters. The molecule has 1 aromatic carbocycles. The summed E-state index contributed by atoms with van der Waals surface area (Å²) in [6.07, 6.45) is 0.198. The van der Waals surface area contributed by atoms with E-state index >= 15 is 0 Å². The number of rotatable bonds is 5. The number of anilines is 1. The van der Waals surface area contributed by atoms with E-state index in [1.165, 1.54) is 11.3 Å². The second-order valence-corrected chi connectivity index (χ2v) is 6.37. The van der Waals surface area contributed by atoms with Crippen LogP contribution in [0.5, 0.6) is 0 Å². The van der Waals surface area contributed by atoms with Crippen LogP contribution in [0.4, 0.5) is 5.13 Å². The molecule has 1 aromatic heterocycles. The molecule has 0 saturated heterocycles. The van der Waals surface area contributed by atoms with E-state index in [2.05, 4.69) is 10.3 Å². The third kappa shape index (κ3) is 4.37. The Hall–Kier alpha value is -1.72. The van der Waals surface area contributed by atoms with E-state index in [0.29, 0.717) is 17.3 Å². The number of amides is 1. The SMILES string of the molecule is Cc1nc(NC(=O)c2ccc(COC(C)C)cc2)sc1C. The summed E-state index contributed by atoms with van der Waals surface area (Å²) in [4.78, 5) is 17.6. The molecular weight excluding hydrogens is 284 g/mol. The summed E-state index contributed by atoms with van der Waals surface area (Å²) in [5.41, 5.74) is 2.63.